The molecule has 0 saturated heterocycles. The number of halogens is 3. The Morgan fingerprint density at radius 1 is 1.26 bits per heavy atom. The summed E-state index contributed by atoms with van der Waals surface area (Å²) in [5.41, 5.74) is -0.261. The number of benzene rings is 1. The summed E-state index contributed by atoms with van der Waals surface area (Å²) in [6, 6.07) is 4.63. The SMILES string of the molecule is O=[N+]([O-])c1cc(Cl)c(Oc2ccnc(F)c2)c(Cl)c1. The largest absolute Gasteiger partial charge is 0.454 e. The van der Waals surface area contributed by atoms with Gasteiger partial charge in [0.05, 0.1) is 15.0 Å². The molecule has 0 unspecified atom stereocenters. The van der Waals surface area contributed by atoms with Gasteiger partial charge in [0.25, 0.3) is 5.69 Å². The maximum atomic E-state index is 12.9. The zero-order valence-corrected chi connectivity index (χ0v) is 10.7. The fourth-order valence-corrected chi connectivity index (χ4v) is 1.87. The van der Waals surface area contributed by atoms with Crippen LogP contribution in [-0.2, 0) is 0 Å². The number of pyridine rings is 1. The lowest BCUT2D eigenvalue weighted by Gasteiger charge is -2.09. The molecule has 0 aliphatic rings. The molecule has 1 aromatic carbocycles. The third-order valence-corrected chi connectivity index (χ3v) is 2.67. The Bertz CT molecular complexity index is 629. The van der Waals surface area contributed by atoms with Gasteiger partial charge in [-0.05, 0) is 6.07 Å². The monoisotopic (exact) mass is 302 g/mol. The van der Waals surface area contributed by atoms with E-state index in [1.165, 1.54) is 12.3 Å². The van der Waals surface area contributed by atoms with Crippen molar-refractivity contribution in [3.8, 4) is 11.5 Å². The summed E-state index contributed by atoms with van der Waals surface area (Å²) in [6.07, 6.45) is 1.21. The molecule has 0 amide bonds. The highest BCUT2D eigenvalue weighted by Gasteiger charge is 2.16. The summed E-state index contributed by atoms with van der Waals surface area (Å²) in [4.78, 5) is 13.3. The number of hydrogen-bond donors (Lipinski definition) is 0. The van der Waals surface area contributed by atoms with Crippen LogP contribution in [0.5, 0.6) is 11.5 Å². The standard InChI is InChI=1S/C11H5Cl2FN2O3/c12-8-3-6(16(17)18)4-9(13)11(8)19-7-1-2-15-10(14)5-7/h1-5H. The van der Waals surface area contributed by atoms with Gasteiger partial charge < -0.3 is 4.74 Å². The van der Waals surface area contributed by atoms with Crippen LogP contribution in [0.3, 0.4) is 0 Å². The fraction of sp³-hybridized carbons (Fsp3) is 0. The molecule has 2 aromatic rings. The van der Waals surface area contributed by atoms with Crippen LogP contribution in [0.1, 0.15) is 0 Å². The van der Waals surface area contributed by atoms with E-state index in [-0.39, 0.29) is 27.2 Å². The van der Waals surface area contributed by atoms with Crippen molar-refractivity contribution in [2.24, 2.45) is 0 Å². The van der Waals surface area contributed by atoms with Crippen LogP contribution in [0.4, 0.5) is 10.1 Å². The van der Waals surface area contributed by atoms with Gasteiger partial charge in [-0.25, -0.2) is 4.98 Å². The summed E-state index contributed by atoms with van der Waals surface area (Å²) in [6.45, 7) is 0. The van der Waals surface area contributed by atoms with Crippen molar-refractivity contribution in [2.75, 3.05) is 0 Å². The van der Waals surface area contributed by atoms with Crippen molar-refractivity contribution in [3.63, 3.8) is 0 Å². The predicted molar refractivity (Wildman–Crippen MR) is 67.4 cm³/mol. The molecule has 8 heteroatoms. The number of nitro groups is 1. The summed E-state index contributed by atoms with van der Waals surface area (Å²) in [5, 5.41) is 10.5. The van der Waals surface area contributed by atoms with Crippen molar-refractivity contribution >= 4 is 28.9 Å². The van der Waals surface area contributed by atoms with E-state index in [0.717, 1.165) is 18.2 Å². The summed E-state index contributed by atoms with van der Waals surface area (Å²) in [7, 11) is 0. The molecule has 0 fully saturated rings. The average Bonchev–Trinajstić information content (AvgIpc) is 2.33. The third-order valence-electron chi connectivity index (χ3n) is 2.11. The average molecular weight is 303 g/mol. The molecule has 0 aliphatic carbocycles. The quantitative estimate of drug-likeness (QED) is 0.483. The number of nitro benzene ring substituents is 1. The zero-order valence-electron chi connectivity index (χ0n) is 9.14. The van der Waals surface area contributed by atoms with Gasteiger partial charge >= 0.3 is 0 Å². The normalized spacial score (nSPS) is 10.3. The first-order valence-corrected chi connectivity index (χ1v) is 5.66. The van der Waals surface area contributed by atoms with Crippen molar-refractivity contribution < 1.29 is 14.1 Å². The minimum Gasteiger partial charge on any atom is -0.454 e. The molecule has 1 heterocycles. The van der Waals surface area contributed by atoms with Gasteiger partial charge in [0, 0.05) is 24.4 Å². The van der Waals surface area contributed by atoms with Crippen molar-refractivity contribution in [1.29, 1.82) is 0 Å². The van der Waals surface area contributed by atoms with Gasteiger partial charge in [-0.2, -0.15) is 4.39 Å². The Labute approximate surface area is 116 Å². The maximum absolute atomic E-state index is 12.9. The second-order valence-corrected chi connectivity index (χ2v) is 4.23. The van der Waals surface area contributed by atoms with Crippen molar-refractivity contribution in [2.45, 2.75) is 0 Å². The highest BCUT2D eigenvalue weighted by molar-refractivity contribution is 6.37. The topological polar surface area (TPSA) is 65.3 Å². The van der Waals surface area contributed by atoms with E-state index in [1.807, 2.05) is 0 Å². The Balaban J connectivity index is 2.38. The molecular weight excluding hydrogens is 298 g/mol. The summed E-state index contributed by atoms with van der Waals surface area (Å²) < 4.78 is 18.2. The molecule has 5 nitrogen and oxygen atoms in total. The van der Waals surface area contributed by atoms with E-state index in [4.69, 9.17) is 27.9 Å². The van der Waals surface area contributed by atoms with E-state index in [9.17, 15) is 14.5 Å². The van der Waals surface area contributed by atoms with Crippen LogP contribution in [0.15, 0.2) is 30.5 Å². The molecular formula is C11H5Cl2FN2O3. The number of non-ortho nitro benzene ring substituents is 1. The fourth-order valence-electron chi connectivity index (χ4n) is 1.32. The number of nitrogens with zero attached hydrogens (tertiary/aromatic N) is 2. The number of rotatable bonds is 3. The van der Waals surface area contributed by atoms with Crippen LogP contribution in [-0.4, -0.2) is 9.91 Å². The minimum absolute atomic E-state index is 0.0135. The number of hydrogen-bond acceptors (Lipinski definition) is 4. The molecule has 0 aliphatic heterocycles. The molecule has 19 heavy (non-hydrogen) atoms. The van der Waals surface area contributed by atoms with Gasteiger partial charge in [0.2, 0.25) is 5.95 Å². The van der Waals surface area contributed by atoms with Gasteiger partial charge in [-0.1, -0.05) is 23.2 Å². The van der Waals surface area contributed by atoms with E-state index in [0.29, 0.717) is 0 Å². The number of ether oxygens (including phenoxy) is 1. The number of aromatic nitrogens is 1. The predicted octanol–water partition coefficient (Wildman–Crippen LogP) is 4.23. The summed E-state index contributed by atoms with van der Waals surface area (Å²) in [5.74, 6) is -0.587. The second kappa shape index (κ2) is 5.38. The Morgan fingerprint density at radius 3 is 2.42 bits per heavy atom. The van der Waals surface area contributed by atoms with Crippen LogP contribution in [0.25, 0.3) is 0 Å². The van der Waals surface area contributed by atoms with Gasteiger partial charge in [0.15, 0.2) is 5.75 Å². The molecule has 98 valence electrons. The van der Waals surface area contributed by atoms with Crippen molar-refractivity contribution in [3.05, 3.63) is 56.6 Å². The van der Waals surface area contributed by atoms with Crippen LogP contribution in [0.2, 0.25) is 10.0 Å². The molecule has 0 atom stereocenters. The maximum Gasteiger partial charge on any atom is 0.272 e. The zero-order chi connectivity index (χ0) is 14.0. The lowest BCUT2D eigenvalue weighted by molar-refractivity contribution is -0.384. The molecule has 2 rings (SSSR count). The van der Waals surface area contributed by atoms with E-state index >= 15 is 0 Å². The molecule has 0 spiro atoms. The highest BCUT2D eigenvalue weighted by Crippen LogP contribution is 2.39. The molecule has 1 aromatic heterocycles. The Hall–Kier alpha value is -1.92. The van der Waals surface area contributed by atoms with E-state index < -0.39 is 10.9 Å². The van der Waals surface area contributed by atoms with Crippen molar-refractivity contribution in [1.82, 2.24) is 4.98 Å². The first-order chi connectivity index (χ1) is 8.97. The second-order valence-electron chi connectivity index (χ2n) is 3.41. The minimum atomic E-state index is -0.730. The Kier molecular flexibility index (Phi) is 3.82. The lowest BCUT2D eigenvalue weighted by Crippen LogP contribution is -1.92. The molecule has 0 radical (unpaired) electrons. The molecule has 0 saturated carbocycles. The highest BCUT2D eigenvalue weighted by atomic mass is 35.5. The van der Waals surface area contributed by atoms with Gasteiger partial charge in [0.1, 0.15) is 5.75 Å². The van der Waals surface area contributed by atoms with E-state index in [2.05, 4.69) is 4.98 Å². The molecule has 0 bridgehead atoms. The smallest absolute Gasteiger partial charge is 0.272 e. The van der Waals surface area contributed by atoms with Crippen LogP contribution in [0, 0.1) is 16.1 Å². The Morgan fingerprint density at radius 2 is 1.89 bits per heavy atom. The first kappa shape index (κ1) is 13.5. The molecule has 0 N–H and O–H groups in total. The van der Waals surface area contributed by atoms with E-state index in [1.54, 1.807) is 0 Å². The lowest BCUT2D eigenvalue weighted by atomic mass is 10.3. The third kappa shape index (κ3) is 3.10. The summed E-state index contributed by atoms with van der Waals surface area (Å²) >= 11 is 11.7. The van der Waals surface area contributed by atoms with Gasteiger partial charge in [-0.15, -0.1) is 0 Å². The first-order valence-electron chi connectivity index (χ1n) is 4.90. The van der Waals surface area contributed by atoms with Crippen LogP contribution < -0.4 is 4.74 Å². The van der Waals surface area contributed by atoms with Crippen LogP contribution >= 0.6 is 23.2 Å². The van der Waals surface area contributed by atoms with Gasteiger partial charge in [-0.3, -0.25) is 10.1 Å².